The van der Waals surface area contributed by atoms with Crippen LogP contribution < -0.4 is 4.90 Å². The molecule has 9 heteroatoms. The van der Waals surface area contributed by atoms with E-state index in [0.29, 0.717) is 16.7 Å². The van der Waals surface area contributed by atoms with E-state index in [9.17, 15) is 4.79 Å². The van der Waals surface area contributed by atoms with Gasteiger partial charge in [-0.1, -0.05) is 29.0 Å². The topological polar surface area (TPSA) is 63.5 Å². The number of amides is 1. The molecule has 1 fully saturated rings. The summed E-state index contributed by atoms with van der Waals surface area (Å²) >= 11 is 7.80. The smallest absolute Gasteiger partial charge is 0.250 e. The van der Waals surface area contributed by atoms with E-state index in [0.717, 1.165) is 54.5 Å². The standard InChI is InChI=1S/C20H24ClN5O2S/c1-14-12-15(2)26(23-14)13-18(27)25(7-6-24-8-10-28-11-9-24)20-22-19-16(21)4-3-5-17(19)29-20/h3-5,12H,6-11,13H2,1-2H3. The number of fused-ring (bicyclic) bond motifs is 1. The van der Waals surface area contributed by atoms with E-state index in [1.54, 1.807) is 9.58 Å². The number of carbonyl (C=O) groups is 1. The fraction of sp³-hybridized carbons (Fsp3) is 0.450. The Balaban J connectivity index is 1.59. The number of morpholine rings is 1. The Hall–Kier alpha value is -2.00. The Kier molecular flexibility index (Phi) is 6.15. The number of thiazole rings is 1. The van der Waals surface area contributed by atoms with Gasteiger partial charge in [-0.3, -0.25) is 19.3 Å². The van der Waals surface area contributed by atoms with Crippen molar-refractivity contribution in [1.29, 1.82) is 0 Å². The van der Waals surface area contributed by atoms with Gasteiger partial charge in [0.1, 0.15) is 12.1 Å². The molecule has 0 radical (unpaired) electrons. The van der Waals surface area contributed by atoms with Crippen molar-refractivity contribution in [3.05, 3.63) is 40.7 Å². The highest BCUT2D eigenvalue weighted by molar-refractivity contribution is 7.22. The first-order valence-electron chi connectivity index (χ1n) is 9.68. The number of rotatable bonds is 6. The summed E-state index contributed by atoms with van der Waals surface area (Å²) in [5.41, 5.74) is 2.61. The van der Waals surface area contributed by atoms with Gasteiger partial charge in [-0.05, 0) is 32.0 Å². The molecular weight excluding hydrogens is 410 g/mol. The fourth-order valence-corrected chi connectivity index (χ4v) is 4.77. The van der Waals surface area contributed by atoms with Crippen molar-refractivity contribution >= 4 is 44.2 Å². The number of halogens is 1. The maximum Gasteiger partial charge on any atom is 0.250 e. The van der Waals surface area contributed by atoms with E-state index in [4.69, 9.17) is 16.3 Å². The van der Waals surface area contributed by atoms with Crippen LogP contribution in [-0.2, 0) is 16.1 Å². The second-order valence-corrected chi connectivity index (χ2v) is 8.58. The molecule has 29 heavy (non-hydrogen) atoms. The first-order valence-corrected chi connectivity index (χ1v) is 10.9. The average Bonchev–Trinajstić information content (AvgIpc) is 3.26. The van der Waals surface area contributed by atoms with Crippen LogP contribution in [0, 0.1) is 13.8 Å². The minimum atomic E-state index is -0.0281. The van der Waals surface area contributed by atoms with Crippen molar-refractivity contribution in [2.45, 2.75) is 20.4 Å². The molecule has 7 nitrogen and oxygen atoms in total. The quantitative estimate of drug-likeness (QED) is 0.597. The van der Waals surface area contributed by atoms with E-state index >= 15 is 0 Å². The molecule has 0 saturated carbocycles. The molecule has 1 aliphatic rings. The number of anilines is 1. The molecule has 1 aromatic carbocycles. The zero-order valence-corrected chi connectivity index (χ0v) is 18.2. The lowest BCUT2D eigenvalue weighted by molar-refractivity contribution is -0.119. The lowest BCUT2D eigenvalue weighted by Crippen LogP contribution is -2.44. The molecule has 4 rings (SSSR count). The van der Waals surface area contributed by atoms with Crippen LogP contribution in [0.4, 0.5) is 5.13 Å². The van der Waals surface area contributed by atoms with E-state index < -0.39 is 0 Å². The summed E-state index contributed by atoms with van der Waals surface area (Å²) in [4.78, 5) is 22.0. The minimum absolute atomic E-state index is 0.0281. The molecule has 0 N–H and O–H groups in total. The summed E-state index contributed by atoms with van der Waals surface area (Å²) in [5, 5.41) is 5.71. The third-order valence-corrected chi connectivity index (χ3v) is 6.37. The van der Waals surface area contributed by atoms with Crippen LogP contribution in [0.1, 0.15) is 11.4 Å². The van der Waals surface area contributed by atoms with Crippen molar-refractivity contribution in [1.82, 2.24) is 19.7 Å². The van der Waals surface area contributed by atoms with E-state index in [-0.39, 0.29) is 12.5 Å². The summed E-state index contributed by atoms with van der Waals surface area (Å²) in [5.74, 6) is -0.0281. The zero-order valence-electron chi connectivity index (χ0n) is 16.6. The number of nitrogens with zero attached hydrogens (tertiary/aromatic N) is 5. The highest BCUT2D eigenvalue weighted by Crippen LogP contribution is 2.33. The van der Waals surface area contributed by atoms with Gasteiger partial charge in [0.15, 0.2) is 5.13 Å². The molecule has 3 heterocycles. The van der Waals surface area contributed by atoms with Gasteiger partial charge < -0.3 is 4.74 Å². The van der Waals surface area contributed by atoms with Crippen LogP contribution >= 0.6 is 22.9 Å². The maximum absolute atomic E-state index is 13.3. The van der Waals surface area contributed by atoms with Gasteiger partial charge in [0.05, 0.1) is 28.6 Å². The largest absolute Gasteiger partial charge is 0.379 e. The highest BCUT2D eigenvalue weighted by atomic mass is 35.5. The van der Waals surface area contributed by atoms with Gasteiger partial charge in [-0.25, -0.2) is 4.98 Å². The van der Waals surface area contributed by atoms with E-state index in [2.05, 4.69) is 15.0 Å². The molecule has 0 bridgehead atoms. The summed E-state index contributed by atoms with van der Waals surface area (Å²) in [6.45, 7) is 8.64. The summed E-state index contributed by atoms with van der Waals surface area (Å²) in [7, 11) is 0. The lowest BCUT2D eigenvalue weighted by atomic mass is 10.3. The molecule has 0 unspecified atom stereocenters. The number of hydrogen-bond donors (Lipinski definition) is 0. The van der Waals surface area contributed by atoms with Crippen LogP contribution in [0.2, 0.25) is 5.02 Å². The average molecular weight is 434 g/mol. The molecule has 154 valence electrons. The molecule has 2 aromatic heterocycles. The maximum atomic E-state index is 13.3. The number of ether oxygens (including phenoxy) is 1. The Bertz CT molecular complexity index is 1010. The molecule has 3 aromatic rings. The number of carbonyl (C=O) groups excluding carboxylic acids is 1. The normalized spacial score (nSPS) is 15.1. The van der Waals surface area contributed by atoms with Gasteiger partial charge in [0.25, 0.3) is 5.91 Å². The van der Waals surface area contributed by atoms with Crippen molar-refractivity contribution in [2.24, 2.45) is 0 Å². The molecule has 0 atom stereocenters. The highest BCUT2D eigenvalue weighted by Gasteiger charge is 2.23. The van der Waals surface area contributed by atoms with Crippen molar-refractivity contribution in [2.75, 3.05) is 44.3 Å². The number of hydrogen-bond acceptors (Lipinski definition) is 6. The summed E-state index contributed by atoms with van der Waals surface area (Å²) in [6.07, 6.45) is 0. The van der Waals surface area contributed by atoms with Gasteiger partial charge in [-0.2, -0.15) is 5.10 Å². The van der Waals surface area contributed by atoms with E-state index in [1.807, 2.05) is 38.1 Å². The molecule has 1 saturated heterocycles. The Labute approximate surface area is 178 Å². The first kappa shape index (κ1) is 20.3. The van der Waals surface area contributed by atoms with Gasteiger partial charge in [0.2, 0.25) is 0 Å². The predicted octanol–water partition coefficient (Wildman–Crippen LogP) is 3.13. The Morgan fingerprint density at radius 2 is 2.10 bits per heavy atom. The zero-order chi connectivity index (χ0) is 20.4. The van der Waals surface area contributed by atoms with Crippen LogP contribution in [0.25, 0.3) is 10.2 Å². The molecule has 1 amide bonds. The Morgan fingerprint density at radius 1 is 1.31 bits per heavy atom. The number of benzene rings is 1. The fourth-order valence-electron chi connectivity index (χ4n) is 3.46. The van der Waals surface area contributed by atoms with E-state index in [1.165, 1.54) is 11.3 Å². The Morgan fingerprint density at radius 3 is 2.79 bits per heavy atom. The second-order valence-electron chi connectivity index (χ2n) is 7.17. The van der Waals surface area contributed by atoms with Gasteiger partial charge in [0, 0.05) is 31.9 Å². The molecular formula is C20H24ClN5O2S. The number of aromatic nitrogens is 3. The summed E-state index contributed by atoms with van der Waals surface area (Å²) < 4.78 is 8.15. The molecule has 0 aliphatic carbocycles. The van der Waals surface area contributed by atoms with Gasteiger partial charge >= 0.3 is 0 Å². The van der Waals surface area contributed by atoms with Crippen molar-refractivity contribution < 1.29 is 9.53 Å². The van der Waals surface area contributed by atoms with Crippen LogP contribution in [-0.4, -0.2) is 65.0 Å². The third kappa shape index (κ3) is 4.61. The first-order chi connectivity index (χ1) is 14.0. The predicted molar refractivity (Wildman–Crippen MR) is 116 cm³/mol. The van der Waals surface area contributed by atoms with Crippen molar-refractivity contribution in [3.63, 3.8) is 0 Å². The lowest BCUT2D eigenvalue weighted by Gasteiger charge is -2.29. The molecule has 0 spiro atoms. The third-order valence-electron chi connectivity index (χ3n) is 5.02. The monoisotopic (exact) mass is 433 g/mol. The molecule has 1 aliphatic heterocycles. The second kappa shape index (κ2) is 8.79. The SMILES string of the molecule is Cc1cc(C)n(CC(=O)N(CCN2CCOCC2)c2nc3c(Cl)cccc3s2)n1. The number of aryl methyl sites for hydroxylation is 2. The number of para-hydroxylation sites is 1. The van der Waals surface area contributed by atoms with Crippen LogP contribution in [0.3, 0.4) is 0 Å². The van der Waals surface area contributed by atoms with Crippen LogP contribution in [0.15, 0.2) is 24.3 Å². The minimum Gasteiger partial charge on any atom is -0.379 e. The van der Waals surface area contributed by atoms with Gasteiger partial charge in [-0.15, -0.1) is 0 Å². The van der Waals surface area contributed by atoms with Crippen molar-refractivity contribution in [3.8, 4) is 0 Å². The van der Waals surface area contributed by atoms with Crippen LogP contribution in [0.5, 0.6) is 0 Å². The summed E-state index contributed by atoms with van der Waals surface area (Å²) in [6, 6.07) is 7.68.